The third kappa shape index (κ3) is 3.20. The van der Waals surface area contributed by atoms with Gasteiger partial charge in [0.25, 0.3) is 0 Å². The van der Waals surface area contributed by atoms with E-state index in [1.54, 1.807) is 0 Å². The molecule has 0 aromatic heterocycles. The molecule has 0 saturated heterocycles. The van der Waals surface area contributed by atoms with Gasteiger partial charge in [0.1, 0.15) is 0 Å². The minimum Gasteiger partial charge on any atom is -0.399 e. The number of aryl methyl sites for hydroxylation is 1. The van der Waals surface area contributed by atoms with Crippen LogP contribution in [0.5, 0.6) is 0 Å². The quantitative estimate of drug-likeness (QED) is 0.768. The van der Waals surface area contributed by atoms with Crippen molar-refractivity contribution in [2.24, 2.45) is 0 Å². The third-order valence-electron chi connectivity index (χ3n) is 3.43. The van der Waals surface area contributed by atoms with Gasteiger partial charge < -0.3 is 15.8 Å². The number of rotatable bonds is 5. The fourth-order valence-corrected chi connectivity index (χ4v) is 2.21. The van der Waals surface area contributed by atoms with E-state index in [1.165, 1.54) is 5.56 Å². The Morgan fingerprint density at radius 1 is 1.41 bits per heavy atom. The van der Waals surface area contributed by atoms with Crippen molar-refractivity contribution in [3.63, 3.8) is 0 Å². The van der Waals surface area contributed by atoms with Crippen LogP contribution >= 0.6 is 0 Å². The molecular weight excluding hydrogens is 212 g/mol. The van der Waals surface area contributed by atoms with Crippen molar-refractivity contribution >= 4 is 5.69 Å². The van der Waals surface area contributed by atoms with Crippen LogP contribution in [0.15, 0.2) is 18.2 Å². The van der Waals surface area contributed by atoms with Crippen LogP contribution < -0.4 is 11.1 Å². The molecule has 0 heterocycles. The average Bonchev–Trinajstić information content (AvgIpc) is 2.26. The molecular formula is C14H22N2O. The Kier molecular flexibility index (Phi) is 4.02. The van der Waals surface area contributed by atoms with Crippen molar-refractivity contribution in [1.82, 2.24) is 5.32 Å². The first-order chi connectivity index (χ1) is 8.19. The van der Waals surface area contributed by atoms with Crippen LogP contribution in [0.25, 0.3) is 0 Å². The maximum atomic E-state index is 5.80. The number of benzene rings is 1. The molecule has 0 bridgehead atoms. The topological polar surface area (TPSA) is 47.3 Å². The third-order valence-corrected chi connectivity index (χ3v) is 3.43. The van der Waals surface area contributed by atoms with E-state index in [9.17, 15) is 0 Å². The van der Waals surface area contributed by atoms with Crippen molar-refractivity contribution in [2.75, 3.05) is 12.3 Å². The minimum absolute atomic E-state index is 0.477. The van der Waals surface area contributed by atoms with E-state index >= 15 is 0 Å². The molecule has 94 valence electrons. The highest BCUT2D eigenvalue weighted by Crippen LogP contribution is 2.23. The number of hydrogen-bond donors (Lipinski definition) is 2. The standard InChI is InChI=1S/C14H22N2O/c1-3-17-13-7-12(8-13)16-9-11-4-5-14(15)10(2)6-11/h4-6,12-13,16H,3,7-9,15H2,1-2H3. The molecule has 0 radical (unpaired) electrons. The van der Waals surface area contributed by atoms with Crippen molar-refractivity contribution < 1.29 is 4.74 Å². The second kappa shape index (κ2) is 5.52. The molecule has 1 aromatic rings. The van der Waals surface area contributed by atoms with Gasteiger partial charge in [-0.05, 0) is 43.9 Å². The maximum Gasteiger partial charge on any atom is 0.0604 e. The van der Waals surface area contributed by atoms with E-state index in [0.29, 0.717) is 12.1 Å². The van der Waals surface area contributed by atoms with Crippen molar-refractivity contribution in [3.8, 4) is 0 Å². The molecule has 1 aromatic carbocycles. The molecule has 0 atom stereocenters. The summed E-state index contributed by atoms with van der Waals surface area (Å²) < 4.78 is 5.54. The fourth-order valence-electron chi connectivity index (χ4n) is 2.21. The summed E-state index contributed by atoms with van der Waals surface area (Å²) in [5, 5.41) is 3.55. The lowest BCUT2D eigenvalue weighted by Gasteiger charge is -2.35. The molecule has 0 aliphatic heterocycles. The minimum atomic E-state index is 0.477. The molecule has 1 aliphatic rings. The lowest BCUT2D eigenvalue weighted by Crippen LogP contribution is -2.45. The summed E-state index contributed by atoms with van der Waals surface area (Å²) in [6.45, 7) is 5.85. The normalized spacial score (nSPS) is 23.4. The average molecular weight is 234 g/mol. The smallest absolute Gasteiger partial charge is 0.0604 e. The number of hydrogen-bond acceptors (Lipinski definition) is 3. The molecule has 0 unspecified atom stereocenters. The first-order valence-electron chi connectivity index (χ1n) is 6.39. The van der Waals surface area contributed by atoms with Crippen LogP contribution in [0.4, 0.5) is 5.69 Å². The van der Waals surface area contributed by atoms with E-state index < -0.39 is 0 Å². The van der Waals surface area contributed by atoms with Crippen molar-refractivity contribution in [1.29, 1.82) is 0 Å². The molecule has 1 fully saturated rings. The summed E-state index contributed by atoms with van der Waals surface area (Å²) in [4.78, 5) is 0. The molecule has 3 N–H and O–H groups in total. The second-order valence-corrected chi connectivity index (χ2v) is 4.82. The summed E-state index contributed by atoms with van der Waals surface area (Å²) >= 11 is 0. The summed E-state index contributed by atoms with van der Waals surface area (Å²) in [5.74, 6) is 0. The van der Waals surface area contributed by atoms with Gasteiger partial charge in [-0.15, -0.1) is 0 Å². The maximum absolute atomic E-state index is 5.80. The molecule has 0 amide bonds. The molecule has 17 heavy (non-hydrogen) atoms. The fraction of sp³-hybridized carbons (Fsp3) is 0.571. The van der Waals surface area contributed by atoms with Gasteiger partial charge in [-0.25, -0.2) is 0 Å². The van der Waals surface area contributed by atoms with Gasteiger partial charge in [-0.3, -0.25) is 0 Å². The van der Waals surface area contributed by atoms with Gasteiger partial charge in [0, 0.05) is 24.9 Å². The van der Waals surface area contributed by atoms with Gasteiger partial charge in [0.05, 0.1) is 6.10 Å². The highest BCUT2D eigenvalue weighted by Gasteiger charge is 2.28. The van der Waals surface area contributed by atoms with Gasteiger partial charge >= 0.3 is 0 Å². The number of ether oxygens (including phenoxy) is 1. The van der Waals surface area contributed by atoms with Crippen LogP contribution in [0, 0.1) is 6.92 Å². The molecule has 0 spiro atoms. The monoisotopic (exact) mass is 234 g/mol. The zero-order chi connectivity index (χ0) is 12.3. The van der Waals surface area contributed by atoms with E-state index in [1.807, 2.05) is 13.0 Å². The zero-order valence-corrected chi connectivity index (χ0v) is 10.7. The van der Waals surface area contributed by atoms with E-state index in [4.69, 9.17) is 10.5 Å². The van der Waals surface area contributed by atoms with Crippen LogP contribution in [0.1, 0.15) is 30.9 Å². The van der Waals surface area contributed by atoms with E-state index in [2.05, 4.69) is 24.4 Å². The first kappa shape index (κ1) is 12.4. The molecule has 2 rings (SSSR count). The summed E-state index contributed by atoms with van der Waals surface area (Å²) in [6.07, 6.45) is 2.76. The lowest BCUT2D eigenvalue weighted by molar-refractivity contribution is -0.0102. The van der Waals surface area contributed by atoms with Crippen LogP contribution in [-0.2, 0) is 11.3 Å². The molecule has 3 nitrogen and oxygen atoms in total. The number of anilines is 1. The largest absolute Gasteiger partial charge is 0.399 e. The van der Waals surface area contributed by atoms with Crippen molar-refractivity contribution in [2.45, 2.75) is 45.4 Å². The molecule has 1 aliphatic carbocycles. The summed E-state index contributed by atoms with van der Waals surface area (Å²) in [7, 11) is 0. The Labute approximate surface area is 103 Å². The second-order valence-electron chi connectivity index (χ2n) is 4.82. The van der Waals surface area contributed by atoms with E-state index in [0.717, 1.165) is 37.2 Å². The number of nitrogens with two attached hydrogens (primary N) is 1. The Balaban J connectivity index is 1.74. The summed E-state index contributed by atoms with van der Waals surface area (Å²) in [5.41, 5.74) is 9.13. The van der Waals surface area contributed by atoms with Gasteiger partial charge in [0.15, 0.2) is 0 Å². The van der Waals surface area contributed by atoms with Gasteiger partial charge in [-0.2, -0.15) is 0 Å². The van der Waals surface area contributed by atoms with Gasteiger partial charge in [-0.1, -0.05) is 12.1 Å². The predicted molar refractivity (Wildman–Crippen MR) is 70.9 cm³/mol. The Hall–Kier alpha value is -1.06. The number of nitrogen functional groups attached to an aromatic ring is 1. The summed E-state index contributed by atoms with van der Waals surface area (Å²) in [6, 6.07) is 6.84. The Morgan fingerprint density at radius 3 is 2.82 bits per heavy atom. The highest BCUT2D eigenvalue weighted by molar-refractivity contribution is 5.47. The molecule has 1 saturated carbocycles. The predicted octanol–water partition coefficient (Wildman–Crippen LogP) is 2.23. The Bertz CT molecular complexity index is 372. The Morgan fingerprint density at radius 2 is 2.18 bits per heavy atom. The highest BCUT2D eigenvalue weighted by atomic mass is 16.5. The molecule has 3 heteroatoms. The van der Waals surface area contributed by atoms with Crippen LogP contribution in [-0.4, -0.2) is 18.8 Å². The van der Waals surface area contributed by atoms with Crippen LogP contribution in [0.2, 0.25) is 0 Å². The van der Waals surface area contributed by atoms with Gasteiger partial charge in [0.2, 0.25) is 0 Å². The zero-order valence-electron chi connectivity index (χ0n) is 10.7. The van der Waals surface area contributed by atoms with Crippen LogP contribution in [0.3, 0.4) is 0 Å². The lowest BCUT2D eigenvalue weighted by atomic mass is 9.89. The van der Waals surface area contributed by atoms with Crippen molar-refractivity contribution in [3.05, 3.63) is 29.3 Å². The first-order valence-corrected chi connectivity index (χ1v) is 6.39. The number of nitrogens with one attached hydrogen (secondary N) is 1. The van der Waals surface area contributed by atoms with E-state index in [-0.39, 0.29) is 0 Å². The SMILES string of the molecule is CCOC1CC(NCc2ccc(N)c(C)c2)C1.